The number of benzene rings is 1. The highest BCUT2D eigenvalue weighted by atomic mass is 16.5. The minimum absolute atomic E-state index is 0.235. The number of carbonyl (C=O) groups excluding carboxylic acids is 2. The molecule has 1 unspecified atom stereocenters. The average molecular weight is 306 g/mol. The lowest BCUT2D eigenvalue weighted by atomic mass is 10.1. The van der Waals surface area contributed by atoms with Gasteiger partial charge in [0, 0.05) is 6.04 Å². The van der Waals surface area contributed by atoms with Crippen LogP contribution in [0, 0.1) is 0 Å². The maximum atomic E-state index is 12.7. The number of carboxylic acids is 1. The predicted molar refractivity (Wildman–Crippen MR) is 79.0 cm³/mol. The second kappa shape index (κ2) is 6.05. The van der Waals surface area contributed by atoms with Crippen LogP contribution in [0.25, 0.3) is 0 Å². The largest absolute Gasteiger partial charge is 0.480 e. The molecular weight excluding hydrogens is 288 g/mol. The van der Waals surface area contributed by atoms with E-state index in [1.807, 2.05) is 0 Å². The van der Waals surface area contributed by atoms with Crippen molar-refractivity contribution in [1.82, 2.24) is 4.90 Å². The first-order valence-electron chi connectivity index (χ1n) is 6.94. The van der Waals surface area contributed by atoms with Crippen molar-refractivity contribution in [2.45, 2.75) is 32.9 Å². The fraction of sp³-hybridized carbons (Fsp3) is 0.400. The Morgan fingerprint density at radius 2 is 2.09 bits per heavy atom. The number of para-hydroxylation sites is 1. The maximum absolute atomic E-state index is 12.7. The number of hydrogen-bond acceptors (Lipinski definition) is 4. The molecule has 7 heteroatoms. The molecule has 0 fully saturated rings. The monoisotopic (exact) mass is 306 g/mol. The van der Waals surface area contributed by atoms with Gasteiger partial charge in [0.15, 0.2) is 11.9 Å². The number of amides is 2. The van der Waals surface area contributed by atoms with Gasteiger partial charge in [-0.25, -0.2) is 0 Å². The molecule has 2 rings (SSSR count). The van der Waals surface area contributed by atoms with Crippen LogP contribution in [0.5, 0.6) is 5.75 Å². The third-order valence-electron chi connectivity index (χ3n) is 3.36. The first-order chi connectivity index (χ1) is 10.3. The molecule has 0 spiro atoms. The summed E-state index contributed by atoms with van der Waals surface area (Å²) >= 11 is 0. The summed E-state index contributed by atoms with van der Waals surface area (Å²) in [5.41, 5.74) is 0.646. The minimum atomic E-state index is -1.09. The number of hydrogen-bond donors (Lipinski definition) is 2. The highest BCUT2D eigenvalue weighted by Gasteiger charge is 2.30. The van der Waals surface area contributed by atoms with Crippen LogP contribution in [0.2, 0.25) is 0 Å². The number of carboxylic acid groups (broad SMARTS) is 1. The lowest BCUT2D eigenvalue weighted by Crippen LogP contribution is -2.41. The molecule has 2 N–H and O–H groups in total. The lowest BCUT2D eigenvalue weighted by Gasteiger charge is -2.29. The number of ether oxygens (including phenoxy) is 1. The van der Waals surface area contributed by atoms with Crippen LogP contribution < -0.4 is 10.1 Å². The Balaban J connectivity index is 2.40. The summed E-state index contributed by atoms with van der Waals surface area (Å²) in [5.74, 6) is -1.55. The van der Waals surface area contributed by atoms with Crippen molar-refractivity contribution in [3.8, 4) is 5.75 Å². The van der Waals surface area contributed by atoms with Crippen molar-refractivity contribution in [3.63, 3.8) is 0 Å². The van der Waals surface area contributed by atoms with Crippen LogP contribution in [-0.2, 0) is 9.59 Å². The fourth-order valence-corrected chi connectivity index (χ4v) is 2.18. The van der Waals surface area contributed by atoms with E-state index in [0.717, 1.165) is 0 Å². The number of carbonyl (C=O) groups is 3. The molecule has 0 saturated heterocycles. The normalized spacial score (nSPS) is 16.5. The van der Waals surface area contributed by atoms with Crippen LogP contribution in [0.15, 0.2) is 18.2 Å². The Morgan fingerprint density at radius 3 is 2.68 bits per heavy atom. The Bertz CT molecular complexity index is 626. The van der Waals surface area contributed by atoms with Crippen molar-refractivity contribution in [2.24, 2.45) is 0 Å². The molecular formula is C15H18N2O5. The van der Waals surface area contributed by atoms with E-state index in [0.29, 0.717) is 5.69 Å². The number of nitrogens with one attached hydrogen (secondary N) is 1. The van der Waals surface area contributed by atoms with E-state index in [1.54, 1.807) is 39.0 Å². The van der Waals surface area contributed by atoms with Gasteiger partial charge < -0.3 is 20.1 Å². The van der Waals surface area contributed by atoms with E-state index in [2.05, 4.69) is 5.32 Å². The number of nitrogens with zero attached hydrogens (tertiary/aromatic N) is 1. The number of rotatable bonds is 4. The van der Waals surface area contributed by atoms with Crippen LogP contribution >= 0.6 is 0 Å². The van der Waals surface area contributed by atoms with Crippen LogP contribution in [-0.4, -0.2) is 46.5 Å². The number of fused-ring (bicyclic) bond motifs is 1. The number of aliphatic carboxylic acids is 1. The first-order valence-corrected chi connectivity index (χ1v) is 6.94. The third kappa shape index (κ3) is 3.03. The molecule has 1 aliphatic heterocycles. The highest BCUT2D eigenvalue weighted by Crippen LogP contribution is 2.34. The summed E-state index contributed by atoms with van der Waals surface area (Å²) in [6.07, 6.45) is -0.714. The van der Waals surface area contributed by atoms with E-state index in [9.17, 15) is 14.4 Å². The quantitative estimate of drug-likeness (QED) is 0.875. The number of anilines is 1. The molecule has 7 nitrogen and oxygen atoms in total. The molecule has 0 bridgehead atoms. The van der Waals surface area contributed by atoms with Gasteiger partial charge >= 0.3 is 5.97 Å². The molecule has 0 aliphatic carbocycles. The molecule has 0 saturated carbocycles. The summed E-state index contributed by atoms with van der Waals surface area (Å²) in [7, 11) is 0. The van der Waals surface area contributed by atoms with Gasteiger partial charge in [0.25, 0.3) is 11.8 Å². The van der Waals surface area contributed by atoms with Crippen molar-refractivity contribution >= 4 is 23.5 Å². The van der Waals surface area contributed by atoms with Crippen LogP contribution in [0.3, 0.4) is 0 Å². The minimum Gasteiger partial charge on any atom is -0.480 e. The van der Waals surface area contributed by atoms with Crippen molar-refractivity contribution in [2.75, 3.05) is 11.9 Å². The first kappa shape index (κ1) is 15.8. The Morgan fingerprint density at radius 1 is 1.41 bits per heavy atom. The molecule has 2 amide bonds. The van der Waals surface area contributed by atoms with Gasteiger partial charge in [-0.1, -0.05) is 6.07 Å². The molecule has 0 radical (unpaired) electrons. The van der Waals surface area contributed by atoms with Gasteiger partial charge in [0.1, 0.15) is 6.54 Å². The van der Waals surface area contributed by atoms with Gasteiger partial charge in [-0.2, -0.15) is 0 Å². The van der Waals surface area contributed by atoms with Gasteiger partial charge in [0.05, 0.1) is 11.3 Å². The van der Waals surface area contributed by atoms with Crippen molar-refractivity contribution < 1.29 is 24.2 Å². The standard InChI is InChI=1S/C15H18N2O5/c1-8(2)17(7-12(18)19)15(21)10-5-4-6-11-13(10)22-9(3)14(20)16-11/h4-6,8-9H,7H2,1-3H3,(H,16,20)(H,18,19). The smallest absolute Gasteiger partial charge is 0.323 e. The average Bonchev–Trinajstić information content (AvgIpc) is 2.44. The Hall–Kier alpha value is -2.57. The van der Waals surface area contributed by atoms with Crippen molar-refractivity contribution in [3.05, 3.63) is 23.8 Å². The maximum Gasteiger partial charge on any atom is 0.323 e. The third-order valence-corrected chi connectivity index (χ3v) is 3.36. The van der Waals surface area contributed by atoms with Gasteiger partial charge in [0.2, 0.25) is 0 Å². The zero-order valence-corrected chi connectivity index (χ0v) is 12.6. The lowest BCUT2D eigenvalue weighted by molar-refractivity contribution is -0.138. The summed E-state index contributed by atoms with van der Waals surface area (Å²) in [5, 5.41) is 11.6. The molecule has 1 aromatic rings. The summed E-state index contributed by atoms with van der Waals surface area (Å²) in [6, 6.07) is 4.52. The zero-order chi connectivity index (χ0) is 16.4. The molecule has 1 atom stereocenters. The van der Waals surface area contributed by atoms with Crippen molar-refractivity contribution in [1.29, 1.82) is 0 Å². The molecule has 118 valence electrons. The fourth-order valence-electron chi connectivity index (χ4n) is 2.18. The molecule has 0 aromatic heterocycles. The van der Waals surface area contributed by atoms with E-state index < -0.39 is 24.5 Å². The van der Waals surface area contributed by atoms with E-state index in [4.69, 9.17) is 9.84 Å². The van der Waals surface area contributed by atoms with E-state index in [-0.39, 0.29) is 23.3 Å². The second-order valence-electron chi connectivity index (χ2n) is 5.35. The Labute approximate surface area is 127 Å². The SMILES string of the molecule is CC1Oc2c(cccc2C(=O)N(CC(=O)O)C(C)C)NC1=O. The molecule has 1 heterocycles. The van der Waals surface area contributed by atoms with Gasteiger partial charge in [-0.15, -0.1) is 0 Å². The summed E-state index contributed by atoms with van der Waals surface area (Å²) < 4.78 is 5.52. The van der Waals surface area contributed by atoms with Crippen LogP contribution in [0.1, 0.15) is 31.1 Å². The van der Waals surface area contributed by atoms with E-state index >= 15 is 0 Å². The highest BCUT2D eigenvalue weighted by molar-refractivity contribution is 6.04. The molecule has 1 aliphatic rings. The van der Waals surface area contributed by atoms with E-state index in [1.165, 1.54) is 4.90 Å². The second-order valence-corrected chi connectivity index (χ2v) is 5.35. The zero-order valence-electron chi connectivity index (χ0n) is 12.6. The Kier molecular flexibility index (Phi) is 4.35. The summed E-state index contributed by atoms with van der Waals surface area (Å²) in [6.45, 7) is 4.65. The topological polar surface area (TPSA) is 95.9 Å². The molecule has 22 heavy (non-hydrogen) atoms. The summed E-state index contributed by atoms with van der Waals surface area (Å²) in [4.78, 5) is 36.5. The molecule has 1 aromatic carbocycles. The van der Waals surface area contributed by atoms with Crippen LogP contribution in [0.4, 0.5) is 5.69 Å². The predicted octanol–water partition coefficient (Wildman–Crippen LogP) is 1.34. The van der Waals surface area contributed by atoms with Gasteiger partial charge in [-0.3, -0.25) is 14.4 Å². The van der Waals surface area contributed by atoms with Gasteiger partial charge in [-0.05, 0) is 32.9 Å².